The molecule has 2 heteroatoms. The predicted molar refractivity (Wildman–Crippen MR) is 74.6 cm³/mol. The molecule has 2 N–H and O–H groups in total. The van der Waals surface area contributed by atoms with Crippen LogP contribution >= 0.6 is 0 Å². The zero-order chi connectivity index (χ0) is 12.7. The molecule has 0 unspecified atom stereocenters. The second-order valence-electron chi connectivity index (χ2n) is 4.75. The van der Waals surface area contributed by atoms with E-state index in [1.807, 2.05) is 12.1 Å². The van der Waals surface area contributed by atoms with Gasteiger partial charge in [0, 0.05) is 5.69 Å². The number of anilines is 1. The van der Waals surface area contributed by atoms with Gasteiger partial charge in [-0.2, -0.15) is 0 Å². The van der Waals surface area contributed by atoms with Crippen molar-refractivity contribution in [3.05, 3.63) is 23.3 Å². The van der Waals surface area contributed by atoms with Crippen LogP contribution in [0.4, 0.5) is 5.69 Å². The van der Waals surface area contributed by atoms with E-state index in [4.69, 9.17) is 10.5 Å². The fourth-order valence-corrected chi connectivity index (χ4v) is 2.09. The first kappa shape index (κ1) is 13.9. The molecule has 1 aromatic carbocycles. The summed E-state index contributed by atoms with van der Waals surface area (Å²) in [6.07, 6.45) is 6.35. The molecule has 0 fully saturated rings. The highest BCUT2D eigenvalue weighted by molar-refractivity contribution is 5.52. The third-order valence-corrected chi connectivity index (χ3v) is 2.98. The summed E-state index contributed by atoms with van der Waals surface area (Å²) >= 11 is 0. The van der Waals surface area contributed by atoms with Crippen LogP contribution in [0.5, 0.6) is 5.75 Å². The van der Waals surface area contributed by atoms with Crippen LogP contribution in [0.25, 0.3) is 0 Å². The molecule has 0 aliphatic rings. The van der Waals surface area contributed by atoms with Crippen LogP contribution in [0.1, 0.15) is 50.2 Å². The van der Waals surface area contributed by atoms with Gasteiger partial charge in [0.15, 0.2) is 0 Å². The fourth-order valence-electron chi connectivity index (χ4n) is 2.09. The number of aryl methyl sites for hydroxylation is 2. The molecule has 0 bridgehead atoms. The summed E-state index contributed by atoms with van der Waals surface area (Å²) in [7, 11) is 0. The van der Waals surface area contributed by atoms with Crippen LogP contribution in [0.2, 0.25) is 0 Å². The van der Waals surface area contributed by atoms with E-state index in [0.29, 0.717) is 0 Å². The molecule has 0 saturated heterocycles. The molecule has 0 amide bonds. The summed E-state index contributed by atoms with van der Waals surface area (Å²) in [6, 6.07) is 3.94. The Morgan fingerprint density at radius 1 is 1.00 bits per heavy atom. The van der Waals surface area contributed by atoms with Gasteiger partial charge >= 0.3 is 0 Å². The maximum absolute atomic E-state index is 5.85. The second-order valence-corrected chi connectivity index (χ2v) is 4.75. The van der Waals surface area contributed by atoms with Crippen LogP contribution in [-0.2, 0) is 0 Å². The maximum atomic E-state index is 5.85. The summed E-state index contributed by atoms with van der Waals surface area (Å²) in [6.45, 7) is 7.15. The Labute approximate surface area is 105 Å². The molecule has 0 radical (unpaired) electrons. The molecular formula is C15H25NO. The van der Waals surface area contributed by atoms with Crippen molar-refractivity contribution >= 4 is 5.69 Å². The van der Waals surface area contributed by atoms with E-state index >= 15 is 0 Å². The molecule has 0 aliphatic carbocycles. The minimum Gasteiger partial charge on any atom is -0.493 e. The minimum atomic E-state index is 0.815. The number of nitrogens with two attached hydrogens (primary N) is 1. The molecule has 0 saturated carbocycles. The van der Waals surface area contributed by atoms with E-state index < -0.39 is 0 Å². The van der Waals surface area contributed by atoms with Crippen LogP contribution < -0.4 is 10.5 Å². The van der Waals surface area contributed by atoms with Gasteiger partial charge in [-0.05, 0) is 43.5 Å². The van der Waals surface area contributed by atoms with Crippen molar-refractivity contribution in [2.75, 3.05) is 12.3 Å². The number of nitrogen functional groups attached to an aromatic ring is 1. The number of rotatable bonds is 7. The second kappa shape index (κ2) is 7.21. The first-order chi connectivity index (χ1) is 8.15. The Balaban J connectivity index is 2.36. The number of hydrogen-bond acceptors (Lipinski definition) is 2. The zero-order valence-electron chi connectivity index (χ0n) is 11.4. The summed E-state index contributed by atoms with van der Waals surface area (Å²) < 4.78 is 5.85. The molecule has 1 rings (SSSR count). The van der Waals surface area contributed by atoms with Crippen molar-refractivity contribution in [3.63, 3.8) is 0 Å². The third kappa shape index (κ3) is 4.68. The van der Waals surface area contributed by atoms with Gasteiger partial charge in [-0.3, -0.25) is 0 Å². The van der Waals surface area contributed by atoms with Crippen molar-refractivity contribution < 1.29 is 4.74 Å². The van der Waals surface area contributed by atoms with Crippen LogP contribution in [-0.4, -0.2) is 6.61 Å². The van der Waals surface area contributed by atoms with Crippen molar-refractivity contribution in [1.82, 2.24) is 0 Å². The van der Waals surface area contributed by atoms with Crippen LogP contribution in [0.15, 0.2) is 12.1 Å². The third-order valence-electron chi connectivity index (χ3n) is 2.98. The van der Waals surface area contributed by atoms with Crippen molar-refractivity contribution in [3.8, 4) is 5.75 Å². The highest BCUT2D eigenvalue weighted by Gasteiger charge is 2.04. The predicted octanol–water partition coefficient (Wildman–Crippen LogP) is 4.23. The standard InChI is InChI=1S/C15H25NO/c1-4-5-6-7-8-9-17-15-12(2)10-14(16)11-13(15)3/h10-11H,4-9,16H2,1-3H3. The lowest BCUT2D eigenvalue weighted by atomic mass is 10.1. The largest absolute Gasteiger partial charge is 0.493 e. The summed E-state index contributed by atoms with van der Waals surface area (Å²) in [5.74, 6) is 1.01. The Kier molecular flexibility index (Phi) is 5.88. The Bertz CT molecular complexity index is 324. The molecule has 2 nitrogen and oxygen atoms in total. The fraction of sp³-hybridized carbons (Fsp3) is 0.600. The Morgan fingerprint density at radius 3 is 2.18 bits per heavy atom. The van der Waals surface area contributed by atoms with Gasteiger partial charge in [-0.15, -0.1) is 0 Å². The minimum absolute atomic E-state index is 0.815. The van der Waals surface area contributed by atoms with Gasteiger partial charge in [-0.1, -0.05) is 32.6 Å². The topological polar surface area (TPSA) is 35.2 Å². The molecule has 96 valence electrons. The molecule has 0 aromatic heterocycles. The summed E-state index contributed by atoms with van der Waals surface area (Å²) in [5, 5.41) is 0. The van der Waals surface area contributed by atoms with Crippen LogP contribution in [0, 0.1) is 13.8 Å². The number of ether oxygens (including phenoxy) is 1. The SMILES string of the molecule is CCCCCCCOc1c(C)cc(N)cc1C. The van der Waals surface area contributed by atoms with Gasteiger partial charge in [0.05, 0.1) is 6.61 Å². The van der Waals surface area contributed by atoms with Crippen molar-refractivity contribution in [2.24, 2.45) is 0 Å². The smallest absolute Gasteiger partial charge is 0.125 e. The number of unbranched alkanes of at least 4 members (excludes halogenated alkanes) is 4. The molecular weight excluding hydrogens is 210 g/mol. The lowest BCUT2D eigenvalue weighted by molar-refractivity contribution is 0.301. The summed E-state index contributed by atoms with van der Waals surface area (Å²) in [4.78, 5) is 0. The number of benzene rings is 1. The van der Waals surface area contributed by atoms with Gasteiger partial charge in [0.25, 0.3) is 0 Å². The molecule has 0 spiro atoms. The molecule has 1 aromatic rings. The zero-order valence-corrected chi connectivity index (χ0v) is 11.4. The van der Waals surface area contributed by atoms with Gasteiger partial charge < -0.3 is 10.5 Å². The first-order valence-electron chi connectivity index (χ1n) is 6.64. The Morgan fingerprint density at radius 2 is 1.59 bits per heavy atom. The summed E-state index contributed by atoms with van der Waals surface area (Å²) in [5.41, 5.74) is 8.87. The van der Waals surface area contributed by atoms with Gasteiger partial charge in [0.1, 0.15) is 5.75 Å². The maximum Gasteiger partial charge on any atom is 0.125 e. The van der Waals surface area contributed by atoms with Crippen LogP contribution in [0.3, 0.4) is 0 Å². The van der Waals surface area contributed by atoms with E-state index in [1.165, 1.54) is 25.7 Å². The average Bonchev–Trinajstić information content (AvgIpc) is 2.26. The monoisotopic (exact) mass is 235 g/mol. The molecule has 0 atom stereocenters. The van der Waals surface area contributed by atoms with Crippen molar-refractivity contribution in [1.29, 1.82) is 0 Å². The average molecular weight is 235 g/mol. The highest BCUT2D eigenvalue weighted by atomic mass is 16.5. The van der Waals surface area contributed by atoms with E-state index in [0.717, 1.165) is 35.6 Å². The first-order valence-corrected chi connectivity index (χ1v) is 6.64. The van der Waals surface area contributed by atoms with E-state index in [9.17, 15) is 0 Å². The van der Waals surface area contributed by atoms with Gasteiger partial charge in [0.2, 0.25) is 0 Å². The lowest BCUT2D eigenvalue weighted by Gasteiger charge is -2.12. The van der Waals surface area contributed by atoms with E-state index in [1.54, 1.807) is 0 Å². The molecule has 17 heavy (non-hydrogen) atoms. The van der Waals surface area contributed by atoms with E-state index in [2.05, 4.69) is 20.8 Å². The lowest BCUT2D eigenvalue weighted by Crippen LogP contribution is -2.01. The quantitative estimate of drug-likeness (QED) is 0.567. The molecule has 0 heterocycles. The van der Waals surface area contributed by atoms with E-state index in [-0.39, 0.29) is 0 Å². The highest BCUT2D eigenvalue weighted by Crippen LogP contribution is 2.26. The van der Waals surface area contributed by atoms with Crippen molar-refractivity contribution in [2.45, 2.75) is 52.9 Å². The molecule has 0 aliphatic heterocycles. The normalized spacial score (nSPS) is 10.5. The van der Waals surface area contributed by atoms with Gasteiger partial charge in [-0.25, -0.2) is 0 Å². The Hall–Kier alpha value is -1.18. The number of hydrogen-bond donors (Lipinski definition) is 1.